The normalized spacial score (nSPS) is 21.0. The Balaban J connectivity index is 1.56. The van der Waals surface area contributed by atoms with Gasteiger partial charge < -0.3 is 28.4 Å². The summed E-state index contributed by atoms with van der Waals surface area (Å²) in [6, 6.07) is 18.8. The average Bonchev–Trinajstić information content (AvgIpc) is 3.01. The summed E-state index contributed by atoms with van der Waals surface area (Å²) in [6.45, 7) is 3.42. The van der Waals surface area contributed by atoms with Gasteiger partial charge in [-0.05, 0) is 67.9 Å². The van der Waals surface area contributed by atoms with Gasteiger partial charge in [-0.25, -0.2) is 14.0 Å². The van der Waals surface area contributed by atoms with E-state index in [1.165, 1.54) is 31.4 Å². The summed E-state index contributed by atoms with van der Waals surface area (Å²) in [7, 11) is 1.37. The zero-order valence-corrected chi connectivity index (χ0v) is 25.6. The van der Waals surface area contributed by atoms with Crippen LogP contribution in [0.1, 0.15) is 18.1 Å². The van der Waals surface area contributed by atoms with Crippen LogP contribution in [-0.4, -0.2) is 69.2 Å². The van der Waals surface area contributed by atoms with E-state index in [1.54, 1.807) is 43.3 Å². The van der Waals surface area contributed by atoms with Crippen LogP contribution in [0.3, 0.4) is 0 Å². The Morgan fingerprint density at radius 1 is 0.844 bits per heavy atom. The lowest BCUT2D eigenvalue weighted by Gasteiger charge is -2.44. The van der Waals surface area contributed by atoms with Gasteiger partial charge in [0.05, 0.1) is 6.42 Å². The van der Waals surface area contributed by atoms with Gasteiger partial charge in [-0.15, -0.1) is 0 Å². The van der Waals surface area contributed by atoms with E-state index in [4.69, 9.17) is 40.0 Å². The molecular formula is C32H34ClFN2O9. The van der Waals surface area contributed by atoms with Crippen molar-refractivity contribution in [1.29, 1.82) is 0 Å². The molecule has 1 aliphatic rings. The zero-order chi connectivity index (χ0) is 32.3. The summed E-state index contributed by atoms with van der Waals surface area (Å²) in [4.78, 5) is 38.9. The van der Waals surface area contributed by atoms with Crippen LogP contribution in [0.15, 0.2) is 72.8 Å². The minimum atomic E-state index is -1.29. The van der Waals surface area contributed by atoms with Crippen LogP contribution in [-0.2, 0) is 39.6 Å². The van der Waals surface area contributed by atoms with Crippen LogP contribution in [0.4, 0.5) is 25.4 Å². The number of carbonyl (C=O) groups excluding carboxylic acids is 3. The van der Waals surface area contributed by atoms with Crippen LogP contribution in [0.2, 0.25) is 5.02 Å². The summed E-state index contributed by atoms with van der Waals surface area (Å²) < 4.78 is 47.7. The highest BCUT2D eigenvalue weighted by atomic mass is 35.5. The molecule has 1 aliphatic heterocycles. The van der Waals surface area contributed by atoms with Gasteiger partial charge in [0.1, 0.15) is 24.6 Å². The predicted octanol–water partition coefficient (Wildman–Crippen LogP) is 5.88. The molecule has 3 aromatic rings. The van der Waals surface area contributed by atoms with Crippen LogP contribution in [0, 0.1) is 12.7 Å². The number of hydrogen-bond acceptors (Lipinski definition) is 9. The second-order valence-electron chi connectivity index (χ2n) is 10.0. The molecular weight excluding hydrogens is 611 g/mol. The van der Waals surface area contributed by atoms with Crippen molar-refractivity contribution in [2.75, 3.05) is 31.0 Å². The van der Waals surface area contributed by atoms with Gasteiger partial charge in [0, 0.05) is 30.1 Å². The van der Waals surface area contributed by atoms with Gasteiger partial charge in [0.2, 0.25) is 0 Å². The Morgan fingerprint density at radius 2 is 1.47 bits per heavy atom. The molecule has 11 nitrogen and oxygen atoms in total. The molecule has 0 aromatic heterocycles. The first kappa shape index (κ1) is 33.7. The molecule has 2 N–H and O–H groups in total. The molecule has 0 aliphatic carbocycles. The molecule has 0 saturated carbocycles. The second kappa shape index (κ2) is 16.2. The summed E-state index contributed by atoms with van der Waals surface area (Å²) in [5, 5.41) is 5.56. The third-order valence-electron chi connectivity index (χ3n) is 6.73. The number of hydrogen-bond donors (Lipinski definition) is 2. The van der Waals surface area contributed by atoms with Crippen LogP contribution >= 0.6 is 11.6 Å². The van der Waals surface area contributed by atoms with Crippen molar-refractivity contribution in [2.24, 2.45) is 0 Å². The standard InChI is InChI=1S/C32H34ClFN2O9/c1-4-41-30-29(40-3)28(45-32(39)36-23-13-9-21(33)10-14-23)27(44-26(37)17-20-7-5-19(2)6-8-20)25(43-30)18-42-31(38)35-24-15-11-22(34)12-16-24/h5-16,25,27-30H,4,17-18H2,1-3H3,(H,35,38)(H,36,39)/t25-,27-,28+,29-,30+/m1/s1. The van der Waals surface area contributed by atoms with E-state index in [1.807, 2.05) is 19.1 Å². The molecule has 2 amide bonds. The number of benzene rings is 3. The number of ether oxygens (including phenoxy) is 6. The van der Waals surface area contributed by atoms with E-state index in [9.17, 15) is 18.8 Å². The maximum absolute atomic E-state index is 13.3. The minimum absolute atomic E-state index is 0.0916. The molecule has 1 fully saturated rings. The number of esters is 1. The first-order valence-electron chi connectivity index (χ1n) is 14.1. The molecule has 0 bridgehead atoms. The van der Waals surface area contributed by atoms with Crippen molar-refractivity contribution in [2.45, 2.75) is 51.0 Å². The fourth-order valence-electron chi connectivity index (χ4n) is 4.55. The number of halogens is 2. The van der Waals surface area contributed by atoms with E-state index in [0.717, 1.165) is 5.56 Å². The van der Waals surface area contributed by atoms with Gasteiger partial charge in [-0.3, -0.25) is 15.4 Å². The molecule has 1 heterocycles. The number of anilines is 2. The minimum Gasteiger partial charge on any atom is -0.455 e. The van der Waals surface area contributed by atoms with Crippen molar-refractivity contribution in [3.05, 3.63) is 94.8 Å². The Kier molecular flexibility index (Phi) is 12.1. The molecule has 1 saturated heterocycles. The lowest BCUT2D eigenvalue weighted by Crippen LogP contribution is -2.62. The number of amides is 2. The molecule has 0 unspecified atom stereocenters. The van der Waals surface area contributed by atoms with Crippen LogP contribution in [0.25, 0.3) is 0 Å². The van der Waals surface area contributed by atoms with E-state index >= 15 is 0 Å². The highest BCUT2D eigenvalue weighted by Gasteiger charge is 2.51. The highest BCUT2D eigenvalue weighted by molar-refractivity contribution is 6.30. The van der Waals surface area contributed by atoms with E-state index in [2.05, 4.69) is 10.6 Å². The lowest BCUT2D eigenvalue weighted by atomic mass is 9.98. The number of rotatable bonds is 11. The SMILES string of the molecule is CCO[C@H]1O[C@H](COC(=O)Nc2ccc(F)cc2)[C@@H](OC(=O)Cc2ccc(C)cc2)[C@H](OC(=O)Nc2ccc(Cl)cc2)[C@H]1OC. The number of nitrogens with one attached hydrogen (secondary N) is 2. The summed E-state index contributed by atoms with van der Waals surface area (Å²) in [5.41, 5.74) is 2.41. The van der Waals surface area contributed by atoms with Crippen LogP contribution < -0.4 is 10.6 Å². The predicted molar refractivity (Wildman–Crippen MR) is 163 cm³/mol. The van der Waals surface area contributed by atoms with Crippen molar-refractivity contribution < 1.29 is 47.2 Å². The fraction of sp³-hybridized carbons (Fsp3) is 0.344. The highest BCUT2D eigenvalue weighted by Crippen LogP contribution is 2.30. The zero-order valence-electron chi connectivity index (χ0n) is 24.9. The van der Waals surface area contributed by atoms with E-state index in [-0.39, 0.29) is 13.0 Å². The third-order valence-corrected chi connectivity index (χ3v) is 6.99. The molecule has 5 atom stereocenters. The van der Waals surface area contributed by atoms with Crippen molar-refractivity contribution in [3.8, 4) is 0 Å². The quantitative estimate of drug-likeness (QED) is 0.194. The lowest BCUT2D eigenvalue weighted by molar-refractivity contribution is -0.305. The average molecular weight is 645 g/mol. The first-order valence-corrected chi connectivity index (χ1v) is 14.5. The number of carbonyl (C=O) groups is 3. The summed E-state index contributed by atoms with van der Waals surface area (Å²) >= 11 is 5.95. The van der Waals surface area contributed by atoms with Gasteiger partial charge in [0.25, 0.3) is 0 Å². The van der Waals surface area contributed by atoms with Crippen LogP contribution in [0.5, 0.6) is 0 Å². The molecule has 45 heavy (non-hydrogen) atoms. The molecule has 3 aromatic carbocycles. The Bertz CT molecular complexity index is 1420. The van der Waals surface area contributed by atoms with Gasteiger partial charge in [-0.2, -0.15) is 0 Å². The maximum Gasteiger partial charge on any atom is 0.412 e. The Morgan fingerprint density at radius 3 is 2.09 bits per heavy atom. The fourth-order valence-corrected chi connectivity index (χ4v) is 4.68. The number of aryl methyl sites for hydroxylation is 1. The number of methoxy groups -OCH3 is 1. The monoisotopic (exact) mass is 644 g/mol. The van der Waals surface area contributed by atoms with E-state index in [0.29, 0.717) is 22.0 Å². The molecule has 240 valence electrons. The topological polar surface area (TPSA) is 131 Å². The second-order valence-corrected chi connectivity index (χ2v) is 10.5. The Labute approximate surface area is 264 Å². The summed E-state index contributed by atoms with van der Waals surface area (Å²) in [5.74, 6) is -1.12. The van der Waals surface area contributed by atoms with E-state index < -0.39 is 61.3 Å². The van der Waals surface area contributed by atoms with Gasteiger partial charge in [-0.1, -0.05) is 41.4 Å². The van der Waals surface area contributed by atoms with Gasteiger partial charge >= 0.3 is 18.2 Å². The Hall–Kier alpha value is -4.23. The third kappa shape index (κ3) is 9.88. The van der Waals surface area contributed by atoms with Crippen molar-refractivity contribution in [3.63, 3.8) is 0 Å². The molecule has 0 radical (unpaired) electrons. The van der Waals surface area contributed by atoms with Gasteiger partial charge in [0.15, 0.2) is 18.5 Å². The largest absolute Gasteiger partial charge is 0.455 e. The maximum atomic E-state index is 13.3. The van der Waals surface area contributed by atoms with Crippen molar-refractivity contribution >= 4 is 41.1 Å². The molecule has 0 spiro atoms. The smallest absolute Gasteiger partial charge is 0.412 e. The molecule has 4 rings (SSSR count). The first-order chi connectivity index (χ1) is 21.6. The molecule has 13 heteroatoms. The summed E-state index contributed by atoms with van der Waals surface area (Å²) in [6.07, 6.45) is -7.68. The van der Waals surface area contributed by atoms with Crippen molar-refractivity contribution in [1.82, 2.24) is 0 Å².